The quantitative estimate of drug-likeness (QED) is 0.492. The van der Waals surface area contributed by atoms with Crippen LogP contribution in [0.1, 0.15) is 20.7 Å². The third-order valence-electron chi connectivity index (χ3n) is 4.37. The fourth-order valence-corrected chi connectivity index (χ4v) is 2.91. The van der Waals surface area contributed by atoms with Crippen molar-refractivity contribution in [1.29, 1.82) is 0 Å². The molecule has 30 heavy (non-hydrogen) atoms. The molecule has 0 atom stereocenters. The van der Waals surface area contributed by atoms with Crippen LogP contribution in [-0.2, 0) is 4.74 Å². The maximum Gasteiger partial charge on any atom is 0.339 e. The number of nitrogens with one attached hydrogen (secondary N) is 2. The van der Waals surface area contributed by atoms with Gasteiger partial charge in [0.25, 0.3) is 5.91 Å². The number of benzene rings is 2. The fourth-order valence-electron chi connectivity index (χ4n) is 2.91. The largest absolute Gasteiger partial charge is 0.465 e. The van der Waals surface area contributed by atoms with Crippen LogP contribution in [-0.4, -0.2) is 33.9 Å². The number of rotatable bonds is 5. The molecule has 2 N–H and O–H groups in total. The summed E-state index contributed by atoms with van der Waals surface area (Å²) in [5.41, 5.74) is 2.41. The lowest BCUT2D eigenvalue weighted by atomic mass is 10.1. The van der Waals surface area contributed by atoms with Crippen molar-refractivity contribution >= 4 is 40.1 Å². The third kappa shape index (κ3) is 3.93. The first-order valence-electron chi connectivity index (χ1n) is 9.07. The van der Waals surface area contributed by atoms with Gasteiger partial charge in [-0.1, -0.05) is 30.3 Å². The molecule has 0 aliphatic heterocycles. The number of carbonyl (C=O) groups excluding carboxylic acids is 2. The molecule has 0 spiro atoms. The Bertz CT molecular complexity index is 1220. The first-order valence-corrected chi connectivity index (χ1v) is 9.07. The molecule has 8 nitrogen and oxygen atoms in total. The van der Waals surface area contributed by atoms with Crippen LogP contribution in [0.15, 0.2) is 73.2 Å². The molecule has 0 saturated heterocycles. The van der Waals surface area contributed by atoms with Crippen molar-refractivity contribution in [2.45, 2.75) is 0 Å². The summed E-state index contributed by atoms with van der Waals surface area (Å²) >= 11 is 0. The molecule has 2 aromatic heterocycles. The minimum Gasteiger partial charge on any atom is -0.465 e. The molecule has 2 aromatic carbocycles. The number of anilines is 3. The van der Waals surface area contributed by atoms with Crippen LogP contribution in [0.5, 0.6) is 0 Å². The number of aromatic nitrogens is 3. The van der Waals surface area contributed by atoms with E-state index < -0.39 is 11.9 Å². The second-order valence-electron chi connectivity index (χ2n) is 6.29. The molecular weight excluding hydrogens is 382 g/mol. The van der Waals surface area contributed by atoms with E-state index in [0.717, 1.165) is 16.6 Å². The lowest BCUT2D eigenvalue weighted by Gasteiger charge is -2.10. The molecule has 1 amide bonds. The lowest BCUT2D eigenvalue weighted by molar-refractivity contribution is 0.0602. The topological polar surface area (TPSA) is 106 Å². The highest BCUT2D eigenvalue weighted by atomic mass is 16.5. The Morgan fingerprint density at radius 3 is 2.40 bits per heavy atom. The number of para-hydroxylation sites is 2. The van der Waals surface area contributed by atoms with Gasteiger partial charge in [0.1, 0.15) is 0 Å². The van der Waals surface area contributed by atoms with Gasteiger partial charge in [0.05, 0.1) is 35.1 Å². The highest BCUT2D eigenvalue weighted by Crippen LogP contribution is 2.23. The highest BCUT2D eigenvalue weighted by Gasteiger charge is 2.15. The number of methoxy groups -OCH3 is 1. The van der Waals surface area contributed by atoms with Gasteiger partial charge in [-0.05, 0) is 24.3 Å². The second kappa shape index (κ2) is 8.36. The maximum atomic E-state index is 12.5. The van der Waals surface area contributed by atoms with Crippen LogP contribution in [0.2, 0.25) is 0 Å². The Morgan fingerprint density at radius 1 is 0.867 bits per heavy atom. The molecule has 0 aliphatic carbocycles. The van der Waals surface area contributed by atoms with Crippen molar-refractivity contribution in [3.63, 3.8) is 0 Å². The molecule has 2 heterocycles. The Hall–Kier alpha value is -4.33. The number of nitrogens with zero attached hydrogens (tertiary/aromatic N) is 3. The summed E-state index contributed by atoms with van der Waals surface area (Å²) in [4.78, 5) is 37.2. The number of pyridine rings is 1. The number of ether oxygens (including phenoxy) is 1. The molecule has 0 unspecified atom stereocenters. The molecule has 4 aromatic rings. The Kier molecular flexibility index (Phi) is 5.29. The van der Waals surface area contributed by atoms with Gasteiger partial charge in [0.15, 0.2) is 0 Å². The summed E-state index contributed by atoms with van der Waals surface area (Å²) in [7, 11) is 1.28. The third-order valence-corrected chi connectivity index (χ3v) is 4.37. The van der Waals surface area contributed by atoms with Crippen LogP contribution in [0.3, 0.4) is 0 Å². The number of carbonyl (C=O) groups is 2. The normalized spacial score (nSPS) is 10.4. The number of esters is 1. The first kappa shape index (κ1) is 19.0. The Labute approximate surface area is 172 Å². The first-order chi connectivity index (χ1) is 14.7. The van der Waals surface area contributed by atoms with Crippen LogP contribution in [0, 0.1) is 0 Å². The van der Waals surface area contributed by atoms with E-state index in [-0.39, 0.29) is 11.1 Å². The number of hydrogen-bond acceptors (Lipinski definition) is 7. The fraction of sp³-hybridized carbons (Fsp3) is 0.0455. The molecule has 148 valence electrons. The molecule has 0 aliphatic rings. The van der Waals surface area contributed by atoms with E-state index in [9.17, 15) is 9.59 Å². The van der Waals surface area contributed by atoms with Gasteiger partial charge < -0.3 is 15.4 Å². The zero-order chi connectivity index (χ0) is 20.9. The van der Waals surface area contributed by atoms with Gasteiger partial charge in [-0.15, -0.1) is 0 Å². The summed E-state index contributed by atoms with van der Waals surface area (Å²) in [5, 5.41) is 6.79. The highest BCUT2D eigenvalue weighted by molar-refractivity contribution is 6.07. The standard InChI is InChI=1S/C22H17N5O3/c1-30-21(29)16-8-2-3-9-17(16)26-20(28)15-12-24-22(25-13-15)27-18-10-4-6-14-7-5-11-23-19(14)18/h2-13H,1H3,(H,26,28)(H,24,25,27). The predicted molar refractivity (Wildman–Crippen MR) is 113 cm³/mol. The molecule has 0 fully saturated rings. The van der Waals surface area contributed by atoms with Gasteiger partial charge in [0.2, 0.25) is 5.95 Å². The minimum absolute atomic E-state index is 0.247. The lowest BCUT2D eigenvalue weighted by Crippen LogP contribution is -2.16. The van der Waals surface area contributed by atoms with E-state index in [1.807, 2.05) is 30.3 Å². The molecule has 0 bridgehead atoms. The maximum absolute atomic E-state index is 12.5. The summed E-state index contributed by atoms with van der Waals surface area (Å²) in [6.45, 7) is 0. The average Bonchev–Trinajstić information content (AvgIpc) is 2.79. The smallest absolute Gasteiger partial charge is 0.339 e. The predicted octanol–water partition coefficient (Wildman–Crippen LogP) is 3.81. The summed E-state index contributed by atoms with van der Waals surface area (Å²) < 4.78 is 4.74. The summed E-state index contributed by atoms with van der Waals surface area (Å²) in [6.07, 6.45) is 4.53. The molecule has 4 rings (SSSR count). The molecule has 0 radical (unpaired) electrons. The van der Waals surface area contributed by atoms with Crippen molar-refractivity contribution in [1.82, 2.24) is 15.0 Å². The van der Waals surface area contributed by atoms with Crippen LogP contribution in [0.4, 0.5) is 17.3 Å². The van der Waals surface area contributed by atoms with E-state index in [1.165, 1.54) is 19.5 Å². The van der Waals surface area contributed by atoms with Crippen molar-refractivity contribution in [2.24, 2.45) is 0 Å². The van der Waals surface area contributed by atoms with Crippen LogP contribution in [0.25, 0.3) is 10.9 Å². The molecular formula is C22H17N5O3. The second-order valence-corrected chi connectivity index (χ2v) is 6.29. The van der Waals surface area contributed by atoms with E-state index in [1.54, 1.807) is 30.5 Å². The average molecular weight is 399 g/mol. The van der Waals surface area contributed by atoms with E-state index >= 15 is 0 Å². The number of fused-ring (bicyclic) bond motifs is 1. The van der Waals surface area contributed by atoms with E-state index in [2.05, 4.69) is 25.6 Å². The van der Waals surface area contributed by atoms with E-state index in [4.69, 9.17) is 4.74 Å². The van der Waals surface area contributed by atoms with Crippen molar-refractivity contribution in [3.8, 4) is 0 Å². The van der Waals surface area contributed by atoms with Gasteiger partial charge in [-0.3, -0.25) is 9.78 Å². The van der Waals surface area contributed by atoms with Crippen LogP contribution >= 0.6 is 0 Å². The monoisotopic (exact) mass is 399 g/mol. The SMILES string of the molecule is COC(=O)c1ccccc1NC(=O)c1cnc(Nc2cccc3cccnc23)nc1. The van der Waals surface area contributed by atoms with Crippen molar-refractivity contribution in [2.75, 3.05) is 17.7 Å². The Morgan fingerprint density at radius 2 is 1.60 bits per heavy atom. The number of hydrogen-bond donors (Lipinski definition) is 2. The summed E-state index contributed by atoms with van der Waals surface area (Å²) in [5.74, 6) is -0.644. The van der Waals surface area contributed by atoms with Crippen molar-refractivity contribution in [3.05, 3.63) is 84.3 Å². The zero-order valence-electron chi connectivity index (χ0n) is 16.0. The zero-order valence-corrected chi connectivity index (χ0v) is 16.0. The van der Waals surface area contributed by atoms with Gasteiger partial charge in [-0.2, -0.15) is 0 Å². The van der Waals surface area contributed by atoms with Crippen LogP contribution < -0.4 is 10.6 Å². The van der Waals surface area contributed by atoms with Gasteiger partial charge in [-0.25, -0.2) is 14.8 Å². The van der Waals surface area contributed by atoms with Gasteiger partial charge >= 0.3 is 5.97 Å². The molecule has 0 saturated carbocycles. The van der Waals surface area contributed by atoms with Crippen molar-refractivity contribution < 1.29 is 14.3 Å². The van der Waals surface area contributed by atoms with Gasteiger partial charge in [0, 0.05) is 24.0 Å². The number of amides is 1. The summed E-state index contributed by atoms with van der Waals surface area (Å²) in [6, 6.07) is 16.2. The minimum atomic E-state index is -0.537. The Balaban J connectivity index is 1.51. The van der Waals surface area contributed by atoms with E-state index in [0.29, 0.717) is 11.6 Å². The molecule has 8 heteroatoms.